The molecular formula is C21H30N2O4. The van der Waals surface area contributed by atoms with Crippen LogP contribution in [0.1, 0.15) is 52.4 Å². The third-order valence-corrected chi connectivity index (χ3v) is 5.60. The summed E-state index contributed by atoms with van der Waals surface area (Å²) in [5.41, 5.74) is -0.768. The van der Waals surface area contributed by atoms with Crippen molar-refractivity contribution >= 4 is 11.9 Å². The largest absolute Gasteiger partial charge is 0.494 e. The lowest BCUT2D eigenvalue weighted by Crippen LogP contribution is -2.51. The minimum atomic E-state index is -0.768. The van der Waals surface area contributed by atoms with Crippen molar-refractivity contribution in [3.05, 3.63) is 24.3 Å². The predicted molar refractivity (Wildman–Crippen MR) is 103 cm³/mol. The Labute approximate surface area is 161 Å². The molecule has 0 spiro atoms. The summed E-state index contributed by atoms with van der Waals surface area (Å²) >= 11 is 0. The number of carbonyl (C=O) groups is 2. The fraction of sp³-hybridized carbons (Fsp3) is 0.619. The molecule has 1 N–H and O–H groups in total. The lowest BCUT2D eigenvalue weighted by Gasteiger charge is -2.34. The highest BCUT2D eigenvalue weighted by Gasteiger charge is 2.52. The standard InChI is InChI=1S/C21H30N2O4/c1-3-14-26-17-9-11-18(12-10-17)27-15-13-23-19(24)21(2,22-20(23)25)16-7-5-4-6-8-16/h9-12,16H,3-8,13-15H2,1-2H3,(H,22,25)/t21-/m1/s1. The van der Waals surface area contributed by atoms with E-state index in [-0.39, 0.29) is 31.0 Å². The molecule has 1 heterocycles. The maximum absolute atomic E-state index is 12.9. The molecular weight excluding hydrogens is 344 g/mol. The number of nitrogens with zero attached hydrogens (tertiary/aromatic N) is 1. The number of carbonyl (C=O) groups excluding carboxylic acids is 2. The molecule has 1 saturated carbocycles. The number of rotatable bonds is 8. The minimum Gasteiger partial charge on any atom is -0.494 e. The van der Waals surface area contributed by atoms with Crippen molar-refractivity contribution in [3.8, 4) is 11.5 Å². The van der Waals surface area contributed by atoms with E-state index >= 15 is 0 Å². The number of hydrogen-bond donors (Lipinski definition) is 1. The van der Waals surface area contributed by atoms with Crippen LogP contribution in [0.15, 0.2) is 24.3 Å². The highest BCUT2D eigenvalue weighted by molar-refractivity contribution is 6.07. The number of urea groups is 1. The molecule has 3 amide bonds. The Morgan fingerprint density at radius 2 is 1.63 bits per heavy atom. The maximum atomic E-state index is 12.9. The van der Waals surface area contributed by atoms with Gasteiger partial charge in [-0.05, 0) is 56.4 Å². The molecule has 27 heavy (non-hydrogen) atoms. The van der Waals surface area contributed by atoms with E-state index in [1.807, 2.05) is 31.2 Å². The summed E-state index contributed by atoms with van der Waals surface area (Å²) in [7, 11) is 0. The van der Waals surface area contributed by atoms with Gasteiger partial charge in [-0.25, -0.2) is 4.79 Å². The first-order chi connectivity index (χ1) is 13.0. The lowest BCUT2D eigenvalue weighted by atomic mass is 9.75. The minimum absolute atomic E-state index is 0.119. The zero-order chi connectivity index (χ0) is 19.3. The van der Waals surface area contributed by atoms with E-state index in [0.717, 1.165) is 37.9 Å². The number of ether oxygens (including phenoxy) is 2. The van der Waals surface area contributed by atoms with Gasteiger partial charge in [0.1, 0.15) is 23.6 Å². The van der Waals surface area contributed by atoms with E-state index < -0.39 is 5.54 Å². The Kier molecular flexibility index (Phi) is 6.24. The van der Waals surface area contributed by atoms with E-state index in [1.165, 1.54) is 11.3 Å². The molecule has 1 aliphatic carbocycles. The molecule has 1 saturated heterocycles. The van der Waals surface area contributed by atoms with Crippen LogP contribution in [0.5, 0.6) is 11.5 Å². The smallest absolute Gasteiger partial charge is 0.325 e. The molecule has 6 heteroatoms. The van der Waals surface area contributed by atoms with Crippen LogP contribution in [0.3, 0.4) is 0 Å². The second-order valence-corrected chi connectivity index (χ2v) is 7.59. The van der Waals surface area contributed by atoms with Crippen LogP contribution in [0.25, 0.3) is 0 Å². The van der Waals surface area contributed by atoms with E-state index in [4.69, 9.17) is 9.47 Å². The van der Waals surface area contributed by atoms with E-state index in [2.05, 4.69) is 12.2 Å². The lowest BCUT2D eigenvalue weighted by molar-refractivity contribution is -0.133. The summed E-state index contributed by atoms with van der Waals surface area (Å²) in [6, 6.07) is 7.09. The van der Waals surface area contributed by atoms with Crippen molar-refractivity contribution in [1.82, 2.24) is 10.2 Å². The summed E-state index contributed by atoms with van der Waals surface area (Å²) < 4.78 is 11.3. The predicted octanol–water partition coefficient (Wildman–Crippen LogP) is 3.75. The summed E-state index contributed by atoms with van der Waals surface area (Å²) in [5, 5.41) is 2.94. The monoisotopic (exact) mass is 374 g/mol. The third kappa shape index (κ3) is 4.37. The molecule has 0 bridgehead atoms. The molecule has 148 valence electrons. The Morgan fingerprint density at radius 1 is 1.04 bits per heavy atom. The van der Waals surface area contributed by atoms with Crippen LogP contribution in [-0.2, 0) is 4.79 Å². The topological polar surface area (TPSA) is 67.9 Å². The molecule has 1 atom stereocenters. The summed E-state index contributed by atoms with van der Waals surface area (Å²) in [6.07, 6.45) is 6.44. The van der Waals surface area contributed by atoms with Crippen LogP contribution >= 0.6 is 0 Å². The zero-order valence-corrected chi connectivity index (χ0v) is 16.3. The Bertz CT molecular complexity index is 655. The van der Waals surface area contributed by atoms with E-state index in [9.17, 15) is 9.59 Å². The van der Waals surface area contributed by atoms with E-state index in [0.29, 0.717) is 12.4 Å². The van der Waals surface area contributed by atoms with Crippen molar-refractivity contribution < 1.29 is 19.1 Å². The number of amides is 3. The molecule has 2 aliphatic rings. The van der Waals surface area contributed by atoms with Gasteiger partial charge in [-0.15, -0.1) is 0 Å². The van der Waals surface area contributed by atoms with Gasteiger partial charge in [0, 0.05) is 0 Å². The first-order valence-corrected chi connectivity index (χ1v) is 10.0. The van der Waals surface area contributed by atoms with Crippen molar-refractivity contribution in [2.75, 3.05) is 19.8 Å². The second-order valence-electron chi connectivity index (χ2n) is 7.59. The summed E-state index contributed by atoms with van der Waals surface area (Å²) in [6.45, 7) is 5.15. The average Bonchev–Trinajstić information content (AvgIpc) is 2.92. The van der Waals surface area contributed by atoms with Crippen LogP contribution in [0, 0.1) is 5.92 Å². The molecule has 6 nitrogen and oxygen atoms in total. The summed E-state index contributed by atoms with van der Waals surface area (Å²) in [4.78, 5) is 26.5. The Hall–Kier alpha value is -2.24. The van der Waals surface area contributed by atoms with Crippen LogP contribution < -0.4 is 14.8 Å². The SMILES string of the molecule is CCCOc1ccc(OCCN2C(=O)N[C@](C)(C3CCCCC3)C2=O)cc1. The molecule has 0 aromatic heterocycles. The van der Waals surface area contributed by atoms with Crippen molar-refractivity contribution in [3.63, 3.8) is 0 Å². The highest BCUT2D eigenvalue weighted by atomic mass is 16.5. The van der Waals surface area contributed by atoms with Gasteiger partial charge in [0.2, 0.25) is 0 Å². The van der Waals surface area contributed by atoms with Crippen molar-refractivity contribution in [1.29, 1.82) is 0 Å². The fourth-order valence-corrected chi connectivity index (χ4v) is 3.98. The van der Waals surface area contributed by atoms with Crippen molar-refractivity contribution in [2.45, 2.75) is 57.9 Å². The molecule has 0 unspecified atom stereocenters. The maximum Gasteiger partial charge on any atom is 0.325 e. The number of imide groups is 1. The molecule has 1 aliphatic heterocycles. The fourth-order valence-electron chi connectivity index (χ4n) is 3.98. The number of nitrogens with one attached hydrogen (secondary N) is 1. The molecule has 0 radical (unpaired) electrons. The average molecular weight is 374 g/mol. The second kappa shape index (κ2) is 8.63. The highest BCUT2D eigenvalue weighted by Crippen LogP contribution is 2.36. The van der Waals surface area contributed by atoms with Gasteiger partial charge in [-0.3, -0.25) is 9.69 Å². The third-order valence-electron chi connectivity index (χ3n) is 5.60. The van der Waals surface area contributed by atoms with Crippen LogP contribution in [0.4, 0.5) is 4.79 Å². The number of benzene rings is 1. The molecule has 2 fully saturated rings. The molecule has 1 aromatic carbocycles. The van der Waals surface area contributed by atoms with E-state index in [1.54, 1.807) is 0 Å². The Morgan fingerprint density at radius 3 is 2.22 bits per heavy atom. The first kappa shape index (κ1) is 19.5. The van der Waals surface area contributed by atoms with Crippen LogP contribution in [-0.4, -0.2) is 42.1 Å². The summed E-state index contributed by atoms with van der Waals surface area (Å²) in [5.74, 6) is 1.61. The number of hydrogen-bond acceptors (Lipinski definition) is 4. The molecule has 1 aromatic rings. The van der Waals surface area contributed by atoms with Crippen molar-refractivity contribution in [2.24, 2.45) is 5.92 Å². The zero-order valence-electron chi connectivity index (χ0n) is 16.3. The Balaban J connectivity index is 1.52. The van der Waals surface area contributed by atoms with Gasteiger partial charge in [0.15, 0.2) is 0 Å². The van der Waals surface area contributed by atoms with Gasteiger partial charge in [0.25, 0.3) is 5.91 Å². The first-order valence-electron chi connectivity index (χ1n) is 10.0. The van der Waals surface area contributed by atoms with Gasteiger partial charge in [-0.2, -0.15) is 0 Å². The quantitative estimate of drug-likeness (QED) is 0.704. The van der Waals surface area contributed by atoms with Gasteiger partial charge < -0.3 is 14.8 Å². The van der Waals surface area contributed by atoms with Crippen LogP contribution in [0.2, 0.25) is 0 Å². The van der Waals surface area contributed by atoms with Gasteiger partial charge in [-0.1, -0.05) is 26.2 Å². The molecule has 3 rings (SSSR count). The van der Waals surface area contributed by atoms with Gasteiger partial charge >= 0.3 is 6.03 Å². The normalized spacial score (nSPS) is 23.4. The van der Waals surface area contributed by atoms with Gasteiger partial charge in [0.05, 0.1) is 13.2 Å².